The SMILES string of the molecule is NCC1CCCN(CC(=O)c2ccc[nH]2)C1. The van der Waals surface area contributed by atoms with E-state index in [4.69, 9.17) is 5.73 Å². The molecule has 4 nitrogen and oxygen atoms in total. The molecule has 0 aromatic carbocycles. The van der Waals surface area contributed by atoms with E-state index in [1.165, 1.54) is 6.42 Å². The number of hydrogen-bond acceptors (Lipinski definition) is 3. The van der Waals surface area contributed by atoms with Crippen molar-refractivity contribution in [1.82, 2.24) is 9.88 Å². The van der Waals surface area contributed by atoms with Gasteiger partial charge in [-0.3, -0.25) is 9.69 Å². The summed E-state index contributed by atoms with van der Waals surface area (Å²) in [6.07, 6.45) is 4.13. The van der Waals surface area contributed by atoms with Gasteiger partial charge in [-0.05, 0) is 44.0 Å². The number of ketones is 1. The minimum Gasteiger partial charge on any atom is -0.359 e. The molecule has 3 N–H and O–H groups in total. The maximum atomic E-state index is 11.9. The van der Waals surface area contributed by atoms with Gasteiger partial charge in [0.1, 0.15) is 0 Å². The van der Waals surface area contributed by atoms with E-state index < -0.39 is 0 Å². The molecule has 2 rings (SSSR count). The molecule has 16 heavy (non-hydrogen) atoms. The molecule has 1 saturated heterocycles. The van der Waals surface area contributed by atoms with Crippen LogP contribution >= 0.6 is 0 Å². The lowest BCUT2D eigenvalue weighted by Crippen LogP contribution is -2.41. The molecule has 88 valence electrons. The van der Waals surface area contributed by atoms with E-state index in [1.54, 1.807) is 6.20 Å². The van der Waals surface area contributed by atoms with Gasteiger partial charge in [-0.1, -0.05) is 0 Å². The number of carbonyl (C=O) groups is 1. The van der Waals surface area contributed by atoms with Crippen LogP contribution < -0.4 is 5.73 Å². The number of Topliss-reactive ketones (excluding diaryl/α,β-unsaturated/α-hetero) is 1. The number of hydrogen-bond donors (Lipinski definition) is 2. The number of aromatic amines is 1. The molecule has 1 unspecified atom stereocenters. The van der Waals surface area contributed by atoms with Gasteiger partial charge in [-0.2, -0.15) is 0 Å². The van der Waals surface area contributed by atoms with Crippen LogP contribution in [0.3, 0.4) is 0 Å². The number of nitrogens with two attached hydrogens (primary N) is 1. The summed E-state index contributed by atoms with van der Waals surface area (Å²) in [5, 5.41) is 0. The van der Waals surface area contributed by atoms with Crippen molar-refractivity contribution in [2.75, 3.05) is 26.2 Å². The molecule has 0 saturated carbocycles. The fourth-order valence-electron chi connectivity index (χ4n) is 2.28. The molecule has 1 aromatic heterocycles. The zero-order valence-electron chi connectivity index (χ0n) is 9.48. The fraction of sp³-hybridized carbons (Fsp3) is 0.583. The third kappa shape index (κ3) is 2.71. The lowest BCUT2D eigenvalue weighted by molar-refractivity contribution is 0.0885. The van der Waals surface area contributed by atoms with E-state index in [2.05, 4.69) is 9.88 Å². The Kier molecular flexibility index (Phi) is 3.74. The van der Waals surface area contributed by atoms with Gasteiger partial charge in [0, 0.05) is 12.7 Å². The van der Waals surface area contributed by atoms with Crippen molar-refractivity contribution in [2.45, 2.75) is 12.8 Å². The number of nitrogens with one attached hydrogen (secondary N) is 1. The van der Waals surface area contributed by atoms with E-state index in [0.29, 0.717) is 18.2 Å². The lowest BCUT2D eigenvalue weighted by Gasteiger charge is -2.31. The number of likely N-dealkylation sites (tertiary alicyclic amines) is 1. The molecule has 1 aromatic rings. The molecule has 1 aliphatic rings. The van der Waals surface area contributed by atoms with Crippen LogP contribution in [-0.2, 0) is 0 Å². The lowest BCUT2D eigenvalue weighted by atomic mass is 9.98. The van der Waals surface area contributed by atoms with Crippen LogP contribution in [0.2, 0.25) is 0 Å². The zero-order valence-corrected chi connectivity index (χ0v) is 9.48. The van der Waals surface area contributed by atoms with E-state index in [-0.39, 0.29) is 5.78 Å². The Balaban J connectivity index is 1.87. The second kappa shape index (κ2) is 5.27. The molecule has 0 aliphatic carbocycles. The summed E-state index contributed by atoms with van der Waals surface area (Å²) in [6, 6.07) is 3.68. The predicted molar refractivity (Wildman–Crippen MR) is 63.3 cm³/mol. The number of nitrogens with zero attached hydrogens (tertiary/aromatic N) is 1. The second-order valence-corrected chi connectivity index (χ2v) is 4.49. The Morgan fingerprint density at radius 1 is 1.62 bits per heavy atom. The van der Waals surface area contributed by atoms with Crippen molar-refractivity contribution in [3.8, 4) is 0 Å². The Morgan fingerprint density at radius 2 is 2.50 bits per heavy atom. The van der Waals surface area contributed by atoms with E-state index >= 15 is 0 Å². The minimum absolute atomic E-state index is 0.169. The maximum Gasteiger partial charge on any atom is 0.192 e. The van der Waals surface area contributed by atoms with Crippen molar-refractivity contribution in [3.05, 3.63) is 24.0 Å². The zero-order chi connectivity index (χ0) is 11.4. The predicted octanol–water partition coefficient (Wildman–Crippen LogP) is 0.868. The number of rotatable bonds is 4. The number of carbonyl (C=O) groups excluding carboxylic acids is 1. The molecule has 0 bridgehead atoms. The van der Waals surface area contributed by atoms with Crippen molar-refractivity contribution in [2.24, 2.45) is 11.7 Å². The summed E-state index contributed by atoms with van der Waals surface area (Å²) in [5.41, 5.74) is 6.38. The molecule has 1 fully saturated rings. The molecular formula is C12H19N3O. The van der Waals surface area contributed by atoms with Crippen LogP contribution in [0.15, 0.2) is 18.3 Å². The molecule has 0 amide bonds. The smallest absolute Gasteiger partial charge is 0.192 e. The summed E-state index contributed by atoms with van der Waals surface area (Å²) >= 11 is 0. The van der Waals surface area contributed by atoms with Crippen molar-refractivity contribution in [3.63, 3.8) is 0 Å². The van der Waals surface area contributed by atoms with Crippen molar-refractivity contribution >= 4 is 5.78 Å². The van der Waals surface area contributed by atoms with Gasteiger partial charge >= 0.3 is 0 Å². The van der Waals surface area contributed by atoms with Gasteiger partial charge in [0.15, 0.2) is 5.78 Å². The van der Waals surface area contributed by atoms with Gasteiger partial charge in [-0.25, -0.2) is 0 Å². The Morgan fingerprint density at radius 3 is 3.19 bits per heavy atom. The van der Waals surface area contributed by atoms with Gasteiger partial charge in [-0.15, -0.1) is 0 Å². The highest BCUT2D eigenvalue weighted by atomic mass is 16.1. The quantitative estimate of drug-likeness (QED) is 0.742. The first-order valence-corrected chi connectivity index (χ1v) is 5.88. The average Bonchev–Trinajstić information content (AvgIpc) is 2.83. The Bertz CT molecular complexity index is 334. The highest BCUT2D eigenvalue weighted by molar-refractivity contribution is 5.95. The second-order valence-electron chi connectivity index (χ2n) is 4.49. The molecular weight excluding hydrogens is 202 g/mol. The standard InChI is InChI=1S/C12H19N3O/c13-7-10-3-2-6-15(8-10)9-12(16)11-4-1-5-14-11/h1,4-5,10,14H,2-3,6-9,13H2. The Hall–Kier alpha value is -1.13. The highest BCUT2D eigenvalue weighted by Crippen LogP contribution is 2.15. The first kappa shape index (κ1) is 11.4. The first-order valence-electron chi connectivity index (χ1n) is 5.88. The van der Waals surface area contributed by atoms with Crippen LogP contribution in [0.25, 0.3) is 0 Å². The van der Waals surface area contributed by atoms with Crippen LogP contribution in [0.1, 0.15) is 23.3 Å². The summed E-state index contributed by atoms with van der Waals surface area (Å²) in [6.45, 7) is 3.22. The van der Waals surface area contributed by atoms with Crippen LogP contribution in [0.5, 0.6) is 0 Å². The van der Waals surface area contributed by atoms with Gasteiger partial charge < -0.3 is 10.7 Å². The molecule has 0 radical (unpaired) electrons. The third-order valence-corrected chi connectivity index (χ3v) is 3.20. The largest absolute Gasteiger partial charge is 0.359 e. The molecule has 0 spiro atoms. The minimum atomic E-state index is 0.169. The van der Waals surface area contributed by atoms with Gasteiger partial charge in [0.05, 0.1) is 12.2 Å². The average molecular weight is 221 g/mol. The molecule has 2 heterocycles. The highest BCUT2D eigenvalue weighted by Gasteiger charge is 2.21. The van der Waals surface area contributed by atoms with Gasteiger partial charge in [0.2, 0.25) is 0 Å². The maximum absolute atomic E-state index is 11.9. The van der Waals surface area contributed by atoms with Crippen molar-refractivity contribution in [1.29, 1.82) is 0 Å². The summed E-state index contributed by atoms with van der Waals surface area (Å²) in [5.74, 6) is 0.730. The monoisotopic (exact) mass is 221 g/mol. The summed E-state index contributed by atoms with van der Waals surface area (Å²) in [7, 11) is 0. The first-order chi connectivity index (χ1) is 7.79. The van der Waals surface area contributed by atoms with Crippen LogP contribution in [0.4, 0.5) is 0 Å². The Labute approximate surface area is 95.8 Å². The number of H-pyrrole nitrogens is 1. The molecule has 1 aliphatic heterocycles. The number of aromatic nitrogens is 1. The third-order valence-electron chi connectivity index (χ3n) is 3.20. The topological polar surface area (TPSA) is 62.1 Å². The van der Waals surface area contributed by atoms with Crippen LogP contribution in [-0.4, -0.2) is 41.8 Å². The van der Waals surface area contributed by atoms with Crippen molar-refractivity contribution < 1.29 is 4.79 Å². The fourth-order valence-corrected chi connectivity index (χ4v) is 2.28. The van der Waals surface area contributed by atoms with Gasteiger partial charge in [0.25, 0.3) is 0 Å². The molecule has 4 heteroatoms. The van der Waals surface area contributed by atoms with E-state index in [9.17, 15) is 4.79 Å². The van der Waals surface area contributed by atoms with E-state index in [1.807, 2.05) is 12.1 Å². The summed E-state index contributed by atoms with van der Waals surface area (Å²) in [4.78, 5) is 17.0. The molecule has 1 atom stereocenters. The van der Waals surface area contributed by atoms with Crippen LogP contribution in [0, 0.1) is 5.92 Å². The summed E-state index contributed by atoms with van der Waals surface area (Å²) < 4.78 is 0. The number of piperidine rings is 1. The van der Waals surface area contributed by atoms with E-state index in [0.717, 1.165) is 26.1 Å². The normalized spacial score (nSPS) is 22.2.